The summed E-state index contributed by atoms with van der Waals surface area (Å²) in [5.41, 5.74) is 5.19. The minimum absolute atomic E-state index is 0.0579. The summed E-state index contributed by atoms with van der Waals surface area (Å²) in [5.74, 6) is 2.27. The first-order chi connectivity index (χ1) is 16.5. The van der Waals surface area contributed by atoms with Crippen LogP contribution in [0.15, 0.2) is 66.1 Å². The molecular formula is C27H32N4O2S. The maximum absolute atomic E-state index is 12.7. The molecule has 4 atom stereocenters. The van der Waals surface area contributed by atoms with Gasteiger partial charge in [-0.25, -0.2) is 18.1 Å². The first-order valence-electron chi connectivity index (χ1n) is 12.3. The smallest absolute Gasteiger partial charge is 0.259 e. The molecule has 0 bridgehead atoms. The minimum Gasteiger partial charge on any atom is -0.339 e. The van der Waals surface area contributed by atoms with Gasteiger partial charge in [0.25, 0.3) is 10.0 Å². The lowest BCUT2D eigenvalue weighted by atomic mass is 9.75. The topological polar surface area (TPSA) is 67.2 Å². The van der Waals surface area contributed by atoms with Crippen LogP contribution in [0.5, 0.6) is 0 Å². The summed E-state index contributed by atoms with van der Waals surface area (Å²) in [5, 5.41) is 0.0579. The van der Waals surface area contributed by atoms with Gasteiger partial charge in [0.1, 0.15) is 0 Å². The lowest BCUT2D eigenvalue weighted by Crippen LogP contribution is -2.42. The Labute approximate surface area is 202 Å². The van der Waals surface area contributed by atoms with Gasteiger partial charge in [-0.15, -0.1) is 0 Å². The molecule has 1 aliphatic heterocycles. The molecule has 7 heteroatoms. The van der Waals surface area contributed by atoms with Crippen molar-refractivity contribution in [2.24, 2.45) is 18.9 Å². The quantitative estimate of drug-likeness (QED) is 0.567. The standard InChI is InChI=1S/C27H32N4O2S/c1-30-17-27(28-18-30)34(32,33)29-14-20-7-8-21-9-10-26(31-15-22-13-23(22)16-31)25(24(21)12-20)11-19-5-3-2-4-6-19/h2-8,12,17-18,22-23,25-26,29H,9-11,13-16H2,1H3/t22?,23?,25-,26+/m0/s1. The van der Waals surface area contributed by atoms with Crippen molar-refractivity contribution in [2.45, 2.75) is 49.2 Å². The van der Waals surface area contributed by atoms with E-state index in [4.69, 9.17) is 0 Å². The Balaban J connectivity index is 1.27. The lowest BCUT2D eigenvalue weighted by Gasteiger charge is -2.40. The number of aryl methyl sites for hydroxylation is 2. The highest BCUT2D eigenvalue weighted by Gasteiger charge is 2.48. The highest BCUT2D eigenvalue weighted by atomic mass is 32.2. The van der Waals surface area contributed by atoms with Gasteiger partial charge in [0.2, 0.25) is 0 Å². The van der Waals surface area contributed by atoms with Crippen molar-refractivity contribution in [1.82, 2.24) is 19.2 Å². The number of likely N-dealkylation sites (tertiary alicyclic amines) is 1. The SMILES string of the molecule is Cn1cnc(S(=O)(=O)NCc2ccc3c(c2)[C@H](Cc2ccccc2)[C@H](N2CC4CC4C2)CC3)c1. The van der Waals surface area contributed by atoms with Crippen molar-refractivity contribution >= 4 is 10.0 Å². The number of sulfonamides is 1. The Morgan fingerprint density at radius 3 is 2.59 bits per heavy atom. The molecule has 34 heavy (non-hydrogen) atoms. The van der Waals surface area contributed by atoms with Crippen molar-refractivity contribution in [3.8, 4) is 0 Å². The molecule has 6 nitrogen and oxygen atoms in total. The van der Waals surface area contributed by atoms with Crippen molar-refractivity contribution in [3.63, 3.8) is 0 Å². The van der Waals surface area contributed by atoms with Crippen LogP contribution in [0.3, 0.4) is 0 Å². The molecule has 2 aromatic carbocycles. The molecule has 2 fully saturated rings. The average molecular weight is 477 g/mol. The van der Waals surface area contributed by atoms with E-state index in [0.717, 1.165) is 30.2 Å². The van der Waals surface area contributed by atoms with Crippen LogP contribution < -0.4 is 4.72 Å². The van der Waals surface area contributed by atoms with Gasteiger partial charge in [0, 0.05) is 44.8 Å². The zero-order valence-electron chi connectivity index (χ0n) is 19.6. The predicted octanol–water partition coefficient (Wildman–Crippen LogP) is 3.49. The third kappa shape index (κ3) is 4.32. The normalized spacial score (nSPS) is 26.3. The Hall–Kier alpha value is -2.48. The second kappa shape index (κ2) is 8.63. The van der Waals surface area contributed by atoms with Gasteiger partial charge in [-0.05, 0) is 59.8 Å². The van der Waals surface area contributed by atoms with Crippen molar-refractivity contribution < 1.29 is 8.42 Å². The number of rotatable bonds is 7. The summed E-state index contributed by atoms with van der Waals surface area (Å²) in [7, 11) is -1.87. The molecule has 1 aromatic heterocycles. The molecule has 6 rings (SSSR count). The molecule has 2 aliphatic carbocycles. The highest BCUT2D eigenvalue weighted by molar-refractivity contribution is 7.89. The van der Waals surface area contributed by atoms with E-state index in [1.807, 2.05) is 0 Å². The number of fused-ring (bicyclic) bond motifs is 2. The van der Waals surface area contributed by atoms with E-state index < -0.39 is 10.0 Å². The number of piperidine rings is 1. The number of hydrogen-bond donors (Lipinski definition) is 1. The van der Waals surface area contributed by atoms with Crippen LogP contribution >= 0.6 is 0 Å². The van der Waals surface area contributed by atoms with Crippen LogP contribution in [0, 0.1) is 11.8 Å². The molecule has 178 valence electrons. The molecule has 2 heterocycles. The second-order valence-corrected chi connectivity index (χ2v) is 12.1. The van der Waals surface area contributed by atoms with Crippen LogP contribution in [-0.4, -0.2) is 42.0 Å². The van der Waals surface area contributed by atoms with Gasteiger partial charge in [0.15, 0.2) is 5.03 Å². The number of nitrogens with one attached hydrogen (secondary N) is 1. The highest BCUT2D eigenvalue weighted by Crippen LogP contribution is 2.48. The van der Waals surface area contributed by atoms with E-state index in [2.05, 4.69) is 63.1 Å². The van der Waals surface area contributed by atoms with Crippen LogP contribution in [0.4, 0.5) is 0 Å². The van der Waals surface area contributed by atoms with Crippen molar-refractivity contribution in [2.75, 3.05) is 13.1 Å². The van der Waals surface area contributed by atoms with Crippen LogP contribution in [0.1, 0.15) is 41.0 Å². The first-order valence-corrected chi connectivity index (χ1v) is 13.8. The Morgan fingerprint density at radius 1 is 1.06 bits per heavy atom. The van der Waals surface area contributed by atoms with Gasteiger partial charge in [-0.3, -0.25) is 4.90 Å². The van der Waals surface area contributed by atoms with E-state index in [1.165, 1.54) is 55.1 Å². The average Bonchev–Trinajstić information content (AvgIpc) is 3.21. The molecule has 0 spiro atoms. The molecule has 0 radical (unpaired) electrons. The molecule has 3 aromatic rings. The molecule has 2 unspecified atom stereocenters. The number of nitrogens with zero attached hydrogens (tertiary/aromatic N) is 3. The zero-order valence-corrected chi connectivity index (χ0v) is 20.4. The number of benzene rings is 2. The monoisotopic (exact) mass is 476 g/mol. The number of hydrogen-bond acceptors (Lipinski definition) is 4. The summed E-state index contributed by atoms with van der Waals surface area (Å²) < 4.78 is 29.7. The fourth-order valence-corrected chi connectivity index (χ4v) is 7.07. The van der Waals surface area contributed by atoms with E-state index in [0.29, 0.717) is 12.0 Å². The Bertz CT molecular complexity index is 1280. The minimum atomic E-state index is -3.64. The summed E-state index contributed by atoms with van der Waals surface area (Å²) in [6, 6.07) is 17.9. The second-order valence-electron chi connectivity index (χ2n) is 10.3. The summed E-state index contributed by atoms with van der Waals surface area (Å²) in [4.78, 5) is 6.76. The molecule has 0 amide bonds. The van der Waals surface area contributed by atoms with Crippen molar-refractivity contribution in [1.29, 1.82) is 0 Å². The van der Waals surface area contributed by atoms with Gasteiger partial charge < -0.3 is 4.57 Å². The maximum atomic E-state index is 12.7. The zero-order chi connectivity index (χ0) is 23.3. The molecule has 3 aliphatic rings. The van der Waals surface area contributed by atoms with Gasteiger partial charge >= 0.3 is 0 Å². The van der Waals surface area contributed by atoms with E-state index >= 15 is 0 Å². The summed E-state index contributed by atoms with van der Waals surface area (Å²) >= 11 is 0. The van der Waals surface area contributed by atoms with Crippen molar-refractivity contribution in [3.05, 3.63) is 83.3 Å². The first kappa shape index (κ1) is 22.0. The molecule has 1 saturated carbocycles. The van der Waals surface area contributed by atoms with E-state index in [-0.39, 0.29) is 11.6 Å². The van der Waals surface area contributed by atoms with Gasteiger partial charge in [0.05, 0.1) is 6.33 Å². The Kier molecular flexibility index (Phi) is 5.59. The largest absolute Gasteiger partial charge is 0.339 e. The van der Waals surface area contributed by atoms with E-state index in [9.17, 15) is 8.42 Å². The maximum Gasteiger partial charge on any atom is 0.259 e. The fraction of sp³-hybridized carbons (Fsp3) is 0.444. The molecule has 1 saturated heterocycles. The van der Waals surface area contributed by atoms with E-state index in [1.54, 1.807) is 11.6 Å². The third-order valence-electron chi connectivity index (χ3n) is 7.98. The predicted molar refractivity (Wildman–Crippen MR) is 132 cm³/mol. The fourth-order valence-electron chi connectivity index (χ4n) is 6.08. The summed E-state index contributed by atoms with van der Waals surface area (Å²) in [6.45, 7) is 2.77. The number of imidazole rings is 1. The number of aromatic nitrogens is 2. The van der Waals surface area contributed by atoms with Gasteiger partial charge in [-0.1, -0.05) is 48.5 Å². The van der Waals surface area contributed by atoms with Crippen LogP contribution in [0.25, 0.3) is 0 Å². The summed E-state index contributed by atoms with van der Waals surface area (Å²) in [6.07, 6.45) is 7.77. The molecular weight excluding hydrogens is 444 g/mol. The lowest BCUT2D eigenvalue weighted by molar-refractivity contribution is 0.171. The van der Waals surface area contributed by atoms with Crippen LogP contribution in [-0.2, 0) is 36.5 Å². The third-order valence-corrected chi connectivity index (χ3v) is 9.27. The van der Waals surface area contributed by atoms with Crippen LogP contribution in [0.2, 0.25) is 0 Å². The van der Waals surface area contributed by atoms with Gasteiger partial charge in [-0.2, -0.15) is 0 Å². The Morgan fingerprint density at radius 2 is 1.85 bits per heavy atom. The molecule has 1 N–H and O–H groups in total.